The number of imidazole rings is 1. The zero-order chi connectivity index (χ0) is 13.7. The average Bonchev–Trinajstić information content (AvgIpc) is 2.98. The van der Waals surface area contributed by atoms with Crippen LogP contribution in [0.5, 0.6) is 0 Å². The smallest absolute Gasteiger partial charge is 0.341 e. The molecule has 2 aromatic heterocycles. The maximum absolute atomic E-state index is 11.7. The molecule has 6 heteroatoms. The summed E-state index contributed by atoms with van der Waals surface area (Å²) in [6.07, 6.45) is 5.90. The number of pyridine rings is 1. The Kier molecular flexibility index (Phi) is 4.12. The van der Waals surface area contributed by atoms with Crippen molar-refractivity contribution in [3.8, 4) is 0 Å². The quantitative estimate of drug-likeness (QED) is 0.805. The number of aromatic nitrogens is 3. The van der Waals surface area contributed by atoms with E-state index in [2.05, 4.69) is 20.3 Å². The Morgan fingerprint density at radius 1 is 1.47 bits per heavy atom. The fraction of sp³-hybridized carbons (Fsp3) is 0.308. The Balaban J connectivity index is 2.25. The van der Waals surface area contributed by atoms with Gasteiger partial charge < -0.3 is 15.0 Å². The number of aromatic amines is 1. The Bertz CT molecular complexity index is 539. The van der Waals surface area contributed by atoms with E-state index in [0.29, 0.717) is 11.4 Å². The largest absolute Gasteiger partial charge is 0.465 e. The number of ether oxygens (including phenoxy) is 1. The Labute approximate surface area is 111 Å². The van der Waals surface area contributed by atoms with Crippen molar-refractivity contribution in [1.29, 1.82) is 0 Å². The number of nitrogens with one attached hydrogen (secondary N) is 2. The van der Waals surface area contributed by atoms with Crippen LogP contribution in [0.3, 0.4) is 0 Å². The number of anilines is 1. The molecule has 6 nitrogen and oxygen atoms in total. The van der Waals surface area contributed by atoms with E-state index in [1.54, 1.807) is 30.7 Å². The number of nitrogens with zero attached hydrogens (tertiary/aromatic N) is 2. The molecular weight excluding hydrogens is 244 g/mol. The third-order valence-corrected chi connectivity index (χ3v) is 2.78. The number of H-pyrrole nitrogens is 1. The predicted molar refractivity (Wildman–Crippen MR) is 70.8 cm³/mol. The first-order chi connectivity index (χ1) is 9.26. The number of carbonyl (C=O) groups excluding carboxylic acids is 1. The molecule has 0 aromatic carbocycles. The summed E-state index contributed by atoms with van der Waals surface area (Å²) in [5.74, 6) is 0.895. The van der Waals surface area contributed by atoms with E-state index in [1.807, 2.05) is 6.92 Å². The summed E-state index contributed by atoms with van der Waals surface area (Å²) in [6, 6.07) is 3.34. The van der Waals surface area contributed by atoms with Gasteiger partial charge in [-0.2, -0.15) is 0 Å². The number of esters is 1. The predicted octanol–water partition coefficient (Wildman–Crippen LogP) is 2.15. The molecule has 0 aliphatic rings. The first-order valence-electron chi connectivity index (χ1n) is 6.05. The zero-order valence-corrected chi connectivity index (χ0v) is 10.9. The Morgan fingerprint density at radius 2 is 2.32 bits per heavy atom. The number of rotatable bonds is 5. The summed E-state index contributed by atoms with van der Waals surface area (Å²) in [6.45, 7) is 2.03. The highest BCUT2D eigenvalue weighted by Gasteiger charge is 2.17. The minimum atomic E-state index is -0.412. The molecule has 2 rings (SSSR count). The van der Waals surface area contributed by atoms with Crippen LogP contribution in [0.25, 0.3) is 0 Å². The highest BCUT2D eigenvalue weighted by Crippen LogP contribution is 2.21. The van der Waals surface area contributed by atoms with Gasteiger partial charge >= 0.3 is 5.97 Å². The van der Waals surface area contributed by atoms with E-state index in [-0.39, 0.29) is 6.04 Å². The van der Waals surface area contributed by atoms with Gasteiger partial charge in [-0.05, 0) is 18.6 Å². The van der Waals surface area contributed by atoms with E-state index < -0.39 is 5.97 Å². The van der Waals surface area contributed by atoms with Crippen LogP contribution in [0.4, 0.5) is 5.82 Å². The third-order valence-electron chi connectivity index (χ3n) is 2.78. The molecule has 0 spiro atoms. The number of carbonyl (C=O) groups is 1. The van der Waals surface area contributed by atoms with Crippen molar-refractivity contribution < 1.29 is 9.53 Å². The van der Waals surface area contributed by atoms with Crippen molar-refractivity contribution >= 4 is 11.8 Å². The monoisotopic (exact) mass is 260 g/mol. The first kappa shape index (κ1) is 13.1. The van der Waals surface area contributed by atoms with Gasteiger partial charge in [0, 0.05) is 18.6 Å². The molecule has 0 fully saturated rings. The van der Waals surface area contributed by atoms with E-state index in [0.717, 1.165) is 12.2 Å². The molecule has 0 saturated carbocycles. The van der Waals surface area contributed by atoms with Gasteiger partial charge in [-0.1, -0.05) is 6.92 Å². The van der Waals surface area contributed by atoms with Crippen LogP contribution < -0.4 is 5.32 Å². The van der Waals surface area contributed by atoms with Crippen LogP contribution in [-0.2, 0) is 4.74 Å². The van der Waals surface area contributed by atoms with Gasteiger partial charge in [0.25, 0.3) is 0 Å². The fourth-order valence-corrected chi connectivity index (χ4v) is 1.79. The van der Waals surface area contributed by atoms with Crippen LogP contribution >= 0.6 is 0 Å². The van der Waals surface area contributed by atoms with Gasteiger partial charge in [0.2, 0.25) is 0 Å². The molecule has 100 valence electrons. The van der Waals surface area contributed by atoms with Crippen molar-refractivity contribution in [2.75, 3.05) is 12.4 Å². The van der Waals surface area contributed by atoms with Gasteiger partial charge in [0.1, 0.15) is 17.2 Å². The van der Waals surface area contributed by atoms with E-state index in [4.69, 9.17) is 4.74 Å². The molecule has 0 bridgehead atoms. The number of methoxy groups -OCH3 is 1. The van der Waals surface area contributed by atoms with Gasteiger partial charge in [-0.15, -0.1) is 0 Å². The molecule has 0 saturated heterocycles. The molecule has 19 heavy (non-hydrogen) atoms. The summed E-state index contributed by atoms with van der Waals surface area (Å²) in [5, 5.41) is 3.21. The Morgan fingerprint density at radius 3 is 2.95 bits per heavy atom. The maximum atomic E-state index is 11.7. The van der Waals surface area contributed by atoms with Crippen molar-refractivity contribution in [3.05, 3.63) is 42.1 Å². The van der Waals surface area contributed by atoms with Crippen LogP contribution in [0, 0.1) is 0 Å². The number of hydrogen-bond acceptors (Lipinski definition) is 5. The lowest BCUT2D eigenvalue weighted by molar-refractivity contribution is 0.0601. The van der Waals surface area contributed by atoms with Crippen molar-refractivity contribution in [2.45, 2.75) is 19.4 Å². The second-order valence-electron chi connectivity index (χ2n) is 3.97. The molecule has 0 aliphatic heterocycles. The third kappa shape index (κ3) is 2.90. The molecular formula is C13H16N4O2. The lowest BCUT2D eigenvalue weighted by Gasteiger charge is -2.16. The average molecular weight is 260 g/mol. The Hall–Kier alpha value is -2.37. The molecule has 2 aromatic rings. The molecule has 2 heterocycles. The van der Waals surface area contributed by atoms with Gasteiger partial charge in [0.15, 0.2) is 0 Å². The summed E-state index contributed by atoms with van der Waals surface area (Å²) in [5.41, 5.74) is 0.412. The first-order valence-corrected chi connectivity index (χ1v) is 6.05. The second kappa shape index (κ2) is 5.99. The highest BCUT2D eigenvalue weighted by atomic mass is 16.5. The lowest BCUT2D eigenvalue weighted by atomic mass is 10.2. The van der Waals surface area contributed by atoms with E-state index in [1.165, 1.54) is 7.11 Å². The second-order valence-corrected chi connectivity index (χ2v) is 3.97. The molecule has 1 atom stereocenters. The molecule has 0 amide bonds. The summed E-state index contributed by atoms with van der Waals surface area (Å²) in [7, 11) is 1.35. The highest BCUT2D eigenvalue weighted by molar-refractivity contribution is 5.94. The fourth-order valence-electron chi connectivity index (χ4n) is 1.79. The normalized spacial score (nSPS) is 11.9. The van der Waals surface area contributed by atoms with Crippen LogP contribution in [-0.4, -0.2) is 28.0 Å². The minimum absolute atomic E-state index is 0.0340. The maximum Gasteiger partial charge on any atom is 0.341 e. The lowest BCUT2D eigenvalue weighted by Crippen LogP contribution is -2.15. The SMILES string of the molecule is CCC(Nc1ncccc1C(=O)OC)c1ncc[nH]1. The summed E-state index contributed by atoms with van der Waals surface area (Å²) < 4.78 is 4.74. The zero-order valence-electron chi connectivity index (χ0n) is 10.9. The van der Waals surface area contributed by atoms with Crippen LogP contribution in [0.2, 0.25) is 0 Å². The molecule has 0 radical (unpaired) electrons. The van der Waals surface area contributed by atoms with Crippen LogP contribution in [0.15, 0.2) is 30.7 Å². The van der Waals surface area contributed by atoms with E-state index in [9.17, 15) is 4.79 Å². The van der Waals surface area contributed by atoms with Crippen molar-refractivity contribution in [1.82, 2.24) is 15.0 Å². The molecule has 1 unspecified atom stereocenters. The summed E-state index contributed by atoms with van der Waals surface area (Å²) >= 11 is 0. The van der Waals surface area contributed by atoms with Crippen molar-refractivity contribution in [3.63, 3.8) is 0 Å². The topological polar surface area (TPSA) is 79.9 Å². The summed E-state index contributed by atoms with van der Waals surface area (Å²) in [4.78, 5) is 23.1. The van der Waals surface area contributed by atoms with Gasteiger partial charge in [0.05, 0.1) is 13.2 Å². The van der Waals surface area contributed by atoms with Gasteiger partial charge in [-0.3, -0.25) is 0 Å². The van der Waals surface area contributed by atoms with E-state index >= 15 is 0 Å². The minimum Gasteiger partial charge on any atom is -0.465 e. The standard InChI is InChI=1S/C13H16N4O2/c1-3-10(12-15-7-8-16-12)17-11-9(13(18)19-2)5-4-6-14-11/h4-8,10H,3H2,1-2H3,(H,14,17)(H,15,16). The molecule has 2 N–H and O–H groups in total. The number of hydrogen-bond donors (Lipinski definition) is 2. The van der Waals surface area contributed by atoms with Crippen LogP contribution in [0.1, 0.15) is 35.6 Å². The molecule has 0 aliphatic carbocycles. The van der Waals surface area contributed by atoms with Gasteiger partial charge in [-0.25, -0.2) is 14.8 Å². The van der Waals surface area contributed by atoms with Crippen molar-refractivity contribution in [2.24, 2.45) is 0 Å².